The largest absolute Gasteiger partial charge is 0.500 e. The van der Waals surface area contributed by atoms with Gasteiger partial charge in [0.2, 0.25) is 0 Å². The van der Waals surface area contributed by atoms with Gasteiger partial charge in [0.15, 0.2) is 0 Å². The molecule has 8 nitrogen and oxygen atoms in total. The summed E-state index contributed by atoms with van der Waals surface area (Å²) >= 11 is 0. The molecule has 0 atom stereocenters. The Morgan fingerprint density at radius 3 is 1.11 bits per heavy atom. The molecule has 2 rings (SSSR count). The molecule has 0 aliphatic heterocycles. The highest BCUT2D eigenvalue weighted by atomic mass is 28.4. The Morgan fingerprint density at radius 2 is 0.838 bits per heavy atom. The minimum absolute atomic E-state index is 0.113. The number of hydrogen-bond donors (Lipinski definition) is 2. The average Bonchev–Trinajstić information content (AvgIpc) is 2.94. The van der Waals surface area contributed by atoms with Crippen LogP contribution in [0.15, 0.2) is 48.5 Å². The molecule has 208 valence electrons. The first-order valence-corrected chi connectivity index (χ1v) is 16.6. The summed E-state index contributed by atoms with van der Waals surface area (Å²) in [5.74, 6) is 0. The second-order valence-corrected chi connectivity index (χ2v) is 15.6. The van der Waals surface area contributed by atoms with Crippen LogP contribution in [-0.2, 0) is 32.0 Å². The molecule has 0 bridgehead atoms. The normalized spacial score (nSPS) is 12.5. The maximum atomic E-state index is 5.49. The fourth-order valence-electron chi connectivity index (χ4n) is 4.36. The SMILES string of the molecule is CO[Si](CCCNc1ccc(C(C)(C)c2ccc(NCCC[Si](OC)(OC)OC)cc2)cc1)(OC)OC. The summed E-state index contributed by atoms with van der Waals surface area (Å²) in [5, 5.41) is 6.97. The zero-order valence-electron chi connectivity index (χ0n) is 23.8. The van der Waals surface area contributed by atoms with Gasteiger partial charge in [0.1, 0.15) is 0 Å². The Labute approximate surface area is 225 Å². The Bertz CT molecular complexity index is 814. The molecule has 2 N–H and O–H groups in total. The summed E-state index contributed by atoms with van der Waals surface area (Å²) in [4.78, 5) is 0. The van der Waals surface area contributed by atoms with E-state index in [-0.39, 0.29) is 5.41 Å². The van der Waals surface area contributed by atoms with Crippen molar-refractivity contribution in [3.8, 4) is 0 Å². The van der Waals surface area contributed by atoms with Crippen molar-refractivity contribution in [2.45, 2.75) is 44.2 Å². The first-order chi connectivity index (χ1) is 17.7. The fraction of sp³-hybridized carbons (Fsp3) is 0.556. The van der Waals surface area contributed by atoms with Crippen molar-refractivity contribution in [1.82, 2.24) is 0 Å². The van der Waals surface area contributed by atoms with Gasteiger partial charge in [0, 0.05) is 84.6 Å². The van der Waals surface area contributed by atoms with E-state index in [0.717, 1.165) is 49.4 Å². The molecule has 0 heterocycles. The molecule has 0 aliphatic rings. The predicted octanol–water partition coefficient (Wildman–Crippen LogP) is 5.37. The van der Waals surface area contributed by atoms with Crippen LogP contribution in [0.3, 0.4) is 0 Å². The van der Waals surface area contributed by atoms with Gasteiger partial charge >= 0.3 is 17.6 Å². The lowest BCUT2D eigenvalue weighted by Crippen LogP contribution is -2.42. The first kappa shape index (κ1) is 31.5. The highest BCUT2D eigenvalue weighted by Gasteiger charge is 2.37. The molecule has 2 aromatic carbocycles. The molecular weight excluding hydrogens is 504 g/mol. The van der Waals surface area contributed by atoms with Crippen LogP contribution in [-0.4, -0.2) is 73.4 Å². The summed E-state index contributed by atoms with van der Waals surface area (Å²) in [5.41, 5.74) is 4.62. The minimum atomic E-state index is -2.51. The van der Waals surface area contributed by atoms with Crippen LogP contribution in [0, 0.1) is 0 Å². The van der Waals surface area contributed by atoms with E-state index in [9.17, 15) is 0 Å². The summed E-state index contributed by atoms with van der Waals surface area (Å²) in [6.45, 7) is 6.17. The van der Waals surface area contributed by atoms with Crippen molar-refractivity contribution >= 4 is 29.0 Å². The Kier molecular flexibility index (Phi) is 12.7. The number of anilines is 2. The lowest BCUT2D eigenvalue weighted by atomic mass is 9.78. The molecule has 0 radical (unpaired) electrons. The maximum Gasteiger partial charge on any atom is 0.500 e. The van der Waals surface area contributed by atoms with E-state index in [2.05, 4.69) is 73.0 Å². The van der Waals surface area contributed by atoms with Crippen molar-refractivity contribution < 1.29 is 26.6 Å². The summed E-state index contributed by atoms with van der Waals surface area (Å²) in [6.07, 6.45) is 1.81. The summed E-state index contributed by atoms with van der Waals surface area (Å²) in [7, 11) is 4.88. The first-order valence-electron chi connectivity index (χ1n) is 12.7. The minimum Gasteiger partial charge on any atom is -0.385 e. The van der Waals surface area contributed by atoms with Gasteiger partial charge < -0.3 is 37.2 Å². The second kappa shape index (κ2) is 15.0. The zero-order chi connectivity index (χ0) is 27.4. The van der Waals surface area contributed by atoms with Gasteiger partial charge in [-0.1, -0.05) is 38.1 Å². The zero-order valence-corrected chi connectivity index (χ0v) is 25.8. The van der Waals surface area contributed by atoms with E-state index in [4.69, 9.17) is 26.6 Å². The van der Waals surface area contributed by atoms with Gasteiger partial charge in [-0.05, 0) is 48.2 Å². The Morgan fingerprint density at radius 1 is 0.541 bits per heavy atom. The van der Waals surface area contributed by atoms with Crippen molar-refractivity contribution in [3.63, 3.8) is 0 Å². The van der Waals surface area contributed by atoms with Gasteiger partial charge in [-0.2, -0.15) is 0 Å². The highest BCUT2D eigenvalue weighted by molar-refractivity contribution is 6.60. The third-order valence-corrected chi connectivity index (χ3v) is 12.7. The van der Waals surface area contributed by atoms with Crippen molar-refractivity contribution in [2.24, 2.45) is 0 Å². The molecule has 0 saturated heterocycles. The number of benzene rings is 2. The van der Waals surface area contributed by atoms with Gasteiger partial charge in [-0.25, -0.2) is 0 Å². The van der Waals surface area contributed by atoms with Crippen LogP contribution in [0.4, 0.5) is 11.4 Å². The quantitative estimate of drug-likeness (QED) is 0.189. The van der Waals surface area contributed by atoms with E-state index in [1.165, 1.54) is 11.1 Å². The predicted molar refractivity (Wildman–Crippen MR) is 154 cm³/mol. The average molecular weight is 551 g/mol. The van der Waals surface area contributed by atoms with Crippen LogP contribution in [0.25, 0.3) is 0 Å². The maximum absolute atomic E-state index is 5.49. The van der Waals surface area contributed by atoms with Crippen LogP contribution < -0.4 is 10.6 Å². The van der Waals surface area contributed by atoms with Crippen molar-refractivity contribution in [3.05, 3.63) is 59.7 Å². The summed E-state index contributed by atoms with van der Waals surface area (Å²) in [6, 6.07) is 18.9. The van der Waals surface area contributed by atoms with Gasteiger partial charge in [0.25, 0.3) is 0 Å². The molecule has 37 heavy (non-hydrogen) atoms. The van der Waals surface area contributed by atoms with Crippen LogP contribution in [0.2, 0.25) is 12.1 Å². The van der Waals surface area contributed by atoms with E-state index in [1.54, 1.807) is 42.7 Å². The molecule has 0 amide bonds. The fourth-order valence-corrected chi connectivity index (χ4v) is 7.81. The number of hydrogen-bond acceptors (Lipinski definition) is 8. The van der Waals surface area contributed by atoms with Gasteiger partial charge in [-0.3, -0.25) is 0 Å². The molecule has 2 aromatic rings. The lowest BCUT2D eigenvalue weighted by molar-refractivity contribution is 0.122. The monoisotopic (exact) mass is 550 g/mol. The molecule has 0 unspecified atom stereocenters. The highest BCUT2D eigenvalue weighted by Crippen LogP contribution is 2.33. The molecular formula is C27H46N2O6Si2. The van der Waals surface area contributed by atoms with Crippen molar-refractivity contribution in [2.75, 3.05) is 66.4 Å². The smallest absolute Gasteiger partial charge is 0.385 e. The third-order valence-electron chi connectivity index (χ3n) is 7.06. The topological polar surface area (TPSA) is 79.4 Å². The summed E-state index contributed by atoms with van der Waals surface area (Å²) < 4.78 is 32.9. The van der Waals surface area contributed by atoms with Gasteiger partial charge in [-0.15, -0.1) is 0 Å². The third kappa shape index (κ3) is 8.62. The Hall–Kier alpha value is -1.77. The van der Waals surface area contributed by atoms with E-state index < -0.39 is 17.6 Å². The van der Waals surface area contributed by atoms with Crippen molar-refractivity contribution in [1.29, 1.82) is 0 Å². The number of rotatable bonds is 18. The number of nitrogens with one attached hydrogen (secondary N) is 2. The second-order valence-electron chi connectivity index (χ2n) is 9.43. The van der Waals surface area contributed by atoms with Gasteiger partial charge in [0.05, 0.1) is 0 Å². The van der Waals surface area contributed by atoms with Crippen LogP contribution in [0.1, 0.15) is 37.8 Å². The molecule has 0 saturated carbocycles. The van der Waals surface area contributed by atoms with Crippen LogP contribution in [0.5, 0.6) is 0 Å². The lowest BCUT2D eigenvalue weighted by Gasteiger charge is -2.27. The van der Waals surface area contributed by atoms with Crippen LogP contribution >= 0.6 is 0 Å². The standard InChI is InChI=1S/C27H46N2O6Si2/c1-27(2,23-11-15-25(16-12-23)28-19-9-21-36(30-3,31-4)32-5)24-13-17-26(18-14-24)29-20-10-22-37(33-6,34-7)35-8/h11-18,28-29H,9-10,19-22H2,1-8H3. The van der Waals surface area contributed by atoms with E-state index in [0.29, 0.717) is 0 Å². The molecule has 10 heteroatoms. The molecule has 0 fully saturated rings. The molecule has 0 aromatic heterocycles. The molecule has 0 aliphatic carbocycles. The van der Waals surface area contributed by atoms with E-state index >= 15 is 0 Å². The van der Waals surface area contributed by atoms with E-state index in [1.807, 2.05) is 0 Å². The molecule has 0 spiro atoms. The Balaban J connectivity index is 1.88.